The molecule has 262 valence electrons. The summed E-state index contributed by atoms with van der Waals surface area (Å²) in [6, 6.07) is 25.8. The van der Waals surface area contributed by atoms with E-state index in [1.807, 2.05) is 79.7 Å². The molecule has 1 fully saturated rings. The minimum Gasteiger partial charge on any atom is -0.491 e. The van der Waals surface area contributed by atoms with Gasteiger partial charge in [-0.1, -0.05) is 65.3 Å². The van der Waals surface area contributed by atoms with Crippen LogP contribution in [0.15, 0.2) is 100 Å². The second-order valence-electron chi connectivity index (χ2n) is 13.5. The highest BCUT2D eigenvalue weighted by Gasteiger charge is 2.67. The summed E-state index contributed by atoms with van der Waals surface area (Å²) in [4.78, 5) is 44.7. The molecule has 9 nitrogen and oxygen atoms in total. The summed E-state index contributed by atoms with van der Waals surface area (Å²) < 4.78 is 30.6. The highest BCUT2D eigenvalue weighted by molar-refractivity contribution is 9.10. The highest BCUT2D eigenvalue weighted by atomic mass is 79.9. The quantitative estimate of drug-likeness (QED) is 0.142. The Morgan fingerprint density at radius 3 is 2.42 bits per heavy atom. The standard InChI is InChI=1S/C38H41BrFN3O6Si/c1-25-35(50(3,4)40)33(22-34(45)41(19-20-44)23-26-9-6-5-7-10-26)49-38(25)30-21-28(39)14-17-31(30)43(37(38)47)24-27-12-15-29(16-13-27)42-18-8-11-32(48-2)36(42)46/h5-18,21,25,33,35,44H,19-20,22-24H2,1-4H3/t25-,33+,35-,38+/m1/s1. The first-order chi connectivity index (χ1) is 23.9. The van der Waals surface area contributed by atoms with Crippen LogP contribution < -0.4 is 15.2 Å². The van der Waals surface area contributed by atoms with E-state index in [0.717, 1.165) is 15.6 Å². The van der Waals surface area contributed by atoms with Gasteiger partial charge < -0.3 is 28.5 Å². The molecule has 12 heteroatoms. The Morgan fingerprint density at radius 2 is 1.76 bits per heavy atom. The van der Waals surface area contributed by atoms with Crippen molar-refractivity contribution in [3.8, 4) is 11.4 Å². The number of fused-ring (bicyclic) bond motifs is 2. The number of halogens is 2. The molecule has 1 saturated heterocycles. The van der Waals surface area contributed by atoms with Gasteiger partial charge in [0.1, 0.15) is 0 Å². The summed E-state index contributed by atoms with van der Waals surface area (Å²) in [5.41, 5.74) is 1.23. The number of hydrogen-bond donors (Lipinski definition) is 1. The topological polar surface area (TPSA) is 101 Å². The van der Waals surface area contributed by atoms with Crippen molar-refractivity contribution >= 4 is 41.8 Å². The number of rotatable bonds is 11. The molecule has 3 aromatic carbocycles. The largest absolute Gasteiger partial charge is 0.491 e. The molecule has 0 bridgehead atoms. The first-order valence-corrected chi connectivity index (χ1v) is 20.4. The van der Waals surface area contributed by atoms with Crippen LogP contribution in [0.2, 0.25) is 18.6 Å². The van der Waals surface area contributed by atoms with Crippen molar-refractivity contribution in [1.29, 1.82) is 0 Å². The number of aromatic nitrogens is 1. The maximum Gasteiger partial charge on any atom is 0.297 e. The lowest BCUT2D eigenvalue weighted by molar-refractivity contribution is -0.150. The van der Waals surface area contributed by atoms with E-state index in [0.29, 0.717) is 23.5 Å². The fourth-order valence-electron chi connectivity index (χ4n) is 7.67. The molecule has 1 N–H and O–H groups in total. The summed E-state index contributed by atoms with van der Waals surface area (Å²) in [7, 11) is -2.06. The van der Waals surface area contributed by atoms with Gasteiger partial charge in [-0.25, -0.2) is 0 Å². The molecule has 2 amide bonds. The van der Waals surface area contributed by atoms with E-state index in [-0.39, 0.29) is 49.2 Å². The van der Waals surface area contributed by atoms with Crippen LogP contribution in [0.5, 0.6) is 5.75 Å². The van der Waals surface area contributed by atoms with Crippen molar-refractivity contribution in [1.82, 2.24) is 9.47 Å². The van der Waals surface area contributed by atoms with Crippen LogP contribution in [0.1, 0.15) is 30.0 Å². The number of anilines is 1. The third kappa shape index (κ3) is 6.57. The molecule has 1 aromatic heterocycles. The van der Waals surface area contributed by atoms with E-state index < -0.39 is 31.6 Å². The maximum absolute atomic E-state index is 16.4. The van der Waals surface area contributed by atoms with Crippen LogP contribution in [0.4, 0.5) is 9.80 Å². The normalized spacial score (nSPS) is 21.5. The van der Waals surface area contributed by atoms with E-state index in [1.165, 1.54) is 11.7 Å². The van der Waals surface area contributed by atoms with Crippen molar-refractivity contribution in [2.45, 2.75) is 56.8 Å². The smallest absolute Gasteiger partial charge is 0.297 e. The van der Waals surface area contributed by atoms with Gasteiger partial charge in [0.2, 0.25) is 14.3 Å². The first-order valence-electron chi connectivity index (χ1n) is 16.6. The number of aliphatic hydroxyl groups excluding tert-OH is 1. The molecule has 6 rings (SSSR count). The van der Waals surface area contributed by atoms with Crippen molar-refractivity contribution in [2.75, 3.05) is 25.2 Å². The number of aliphatic hydroxyl groups is 1. The van der Waals surface area contributed by atoms with Gasteiger partial charge in [0.15, 0.2) is 11.4 Å². The Kier molecular flexibility index (Phi) is 10.2. The van der Waals surface area contributed by atoms with Crippen LogP contribution >= 0.6 is 15.9 Å². The van der Waals surface area contributed by atoms with Crippen LogP contribution in [0.3, 0.4) is 0 Å². The average Bonchev–Trinajstić information content (AvgIpc) is 3.51. The van der Waals surface area contributed by atoms with Gasteiger partial charge in [0, 0.05) is 46.5 Å². The Bertz CT molecular complexity index is 1940. The number of methoxy groups -OCH3 is 1. The van der Waals surface area contributed by atoms with E-state index in [9.17, 15) is 19.5 Å². The van der Waals surface area contributed by atoms with Crippen molar-refractivity contribution < 1.29 is 28.3 Å². The van der Waals surface area contributed by atoms with Gasteiger partial charge >= 0.3 is 0 Å². The molecule has 1 spiro atoms. The number of carbonyl (C=O) groups is 2. The maximum atomic E-state index is 16.4. The molecule has 0 unspecified atom stereocenters. The molecule has 3 heterocycles. The monoisotopic (exact) mass is 761 g/mol. The number of nitrogens with zero attached hydrogens (tertiary/aromatic N) is 3. The van der Waals surface area contributed by atoms with E-state index in [1.54, 1.807) is 41.2 Å². The Balaban J connectivity index is 1.32. The summed E-state index contributed by atoms with van der Waals surface area (Å²) in [6.07, 6.45) is 0.696. The van der Waals surface area contributed by atoms with E-state index in [4.69, 9.17) is 9.47 Å². The van der Waals surface area contributed by atoms with Crippen LogP contribution in [0.25, 0.3) is 5.69 Å². The zero-order valence-corrected chi connectivity index (χ0v) is 31.1. The van der Waals surface area contributed by atoms with Gasteiger partial charge in [-0.15, -0.1) is 0 Å². The van der Waals surface area contributed by atoms with Gasteiger partial charge in [-0.05, 0) is 66.7 Å². The molecule has 2 aliphatic rings. The summed E-state index contributed by atoms with van der Waals surface area (Å²) in [5, 5.41) is 9.79. The second-order valence-corrected chi connectivity index (χ2v) is 18.2. The number of pyridine rings is 1. The van der Waals surface area contributed by atoms with E-state index in [2.05, 4.69) is 15.9 Å². The summed E-state index contributed by atoms with van der Waals surface area (Å²) in [5.74, 6) is -0.915. The zero-order valence-electron chi connectivity index (χ0n) is 28.5. The highest BCUT2D eigenvalue weighted by Crippen LogP contribution is 2.60. The minimum absolute atomic E-state index is 0.119. The number of benzene rings is 3. The zero-order chi connectivity index (χ0) is 35.8. The Labute approximate surface area is 300 Å². The lowest BCUT2D eigenvalue weighted by Crippen LogP contribution is -2.45. The summed E-state index contributed by atoms with van der Waals surface area (Å²) in [6.45, 7) is 5.49. The second kappa shape index (κ2) is 14.3. The lowest BCUT2D eigenvalue weighted by atomic mass is 9.82. The predicted octanol–water partition coefficient (Wildman–Crippen LogP) is 6.34. The van der Waals surface area contributed by atoms with Crippen molar-refractivity contribution in [2.24, 2.45) is 5.92 Å². The lowest BCUT2D eigenvalue weighted by Gasteiger charge is -2.31. The first kappa shape index (κ1) is 35.7. The van der Waals surface area contributed by atoms with E-state index >= 15 is 4.11 Å². The number of carbonyl (C=O) groups excluding carboxylic acids is 2. The fraction of sp³-hybridized carbons (Fsp3) is 0.342. The molecule has 4 atom stereocenters. The van der Waals surface area contributed by atoms with Gasteiger partial charge in [-0.3, -0.25) is 19.0 Å². The van der Waals surface area contributed by atoms with Crippen LogP contribution in [-0.4, -0.2) is 61.2 Å². The molecule has 0 aliphatic carbocycles. The Hall–Kier alpha value is -4.10. The van der Waals surface area contributed by atoms with Gasteiger partial charge in [0.25, 0.3) is 11.5 Å². The minimum atomic E-state index is -3.51. The van der Waals surface area contributed by atoms with Crippen molar-refractivity contribution in [3.05, 3.63) is 123 Å². The molecular formula is C38H41BrFN3O6Si. The molecule has 0 radical (unpaired) electrons. The molecule has 4 aromatic rings. The number of ether oxygens (including phenoxy) is 2. The third-order valence-corrected chi connectivity index (χ3v) is 12.9. The Morgan fingerprint density at radius 1 is 1.04 bits per heavy atom. The van der Waals surface area contributed by atoms with Gasteiger partial charge in [0.05, 0.1) is 38.5 Å². The van der Waals surface area contributed by atoms with Crippen LogP contribution in [0, 0.1) is 5.92 Å². The van der Waals surface area contributed by atoms with Crippen molar-refractivity contribution in [3.63, 3.8) is 0 Å². The predicted molar refractivity (Wildman–Crippen MR) is 196 cm³/mol. The average molecular weight is 763 g/mol. The van der Waals surface area contributed by atoms with Gasteiger partial charge in [-0.2, -0.15) is 0 Å². The molecule has 2 aliphatic heterocycles. The fourth-order valence-corrected chi connectivity index (χ4v) is 10.5. The summed E-state index contributed by atoms with van der Waals surface area (Å²) >= 11 is 3.57. The molecule has 50 heavy (non-hydrogen) atoms. The number of hydrogen-bond acceptors (Lipinski definition) is 6. The SMILES string of the molecule is COc1cccn(-c2ccc(CN3C(=O)[C@@]4(O[C@@H](CC(=O)N(CCO)Cc5ccccc5)[C@H]([Si](C)(C)F)[C@H]4C)c4cc(Br)ccc43)cc2)c1=O. The number of amides is 2. The molecule has 0 saturated carbocycles. The van der Waals surface area contributed by atoms with Crippen LogP contribution in [-0.2, 0) is 33.0 Å². The third-order valence-electron chi connectivity index (χ3n) is 9.92. The molecular weight excluding hydrogens is 721 g/mol.